The average Bonchev–Trinajstić information content (AvgIpc) is 3.09. The quantitative estimate of drug-likeness (QED) is 0.856. The van der Waals surface area contributed by atoms with Crippen molar-refractivity contribution in [3.05, 3.63) is 34.4 Å². The summed E-state index contributed by atoms with van der Waals surface area (Å²) in [5.41, 5.74) is 9.77. The van der Waals surface area contributed by atoms with E-state index >= 15 is 0 Å². The molecule has 0 fully saturated rings. The molecule has 1 aliphatic heterocycles. The van der Waals surface area contributed by atoms with Gasteiger partial charge in [0.05, 0.1) is 30.6 Å². The molecule has 4 rings (SSSR count). The number of carbonyl (C=O) groups is 1. The first-order valence-corrected chi connectivity index (χ1v) is 9.26. The Labute approximate surface area is 152 Å². The van der Waals surface area contributed by atoms with Crippen molar-refractivity contribution in [1.29, 1.82) is 0 Å². The molecule has 2 aromatic rings. The predicted octanol–water partition coefficient (Wildman–Crippen LogP) is 1.23. The van der Waals surface area contributed by atoms with E-state index in [9.17, 15) is 9.90 Å². The van der Waals surface area contributed by atoms with E-state index < -0.39 is 6.10 Å². The first-order chi connectivity index (χ1) is 12.6. The van der Waals surface area contributed by atoms with E-state index in [1.165, 1.54) is 0 Å². The van der Waals surface area contributed by atoms with E-state index in [4.69, 9.17) is 5.73 Å². The molecule has 138 valence electrons. The molecular weight excluding hydrogens is 332 g/mol. The molecule has 1 aliphatic carbocycles. The molecular formula is C18H24N6O2. The van der Waals surface area contributed by atoms with Crippen LogP contribution in [0, 0.1) is 0 Å². The van der Waals surface area contributed by atoms with Crippen LogP contribution < -0.4 is 5.73 Å². The van der Waals surface area contributed by atoms with Gasteiger partial charge in [-0.2, -0.15) is 5.10 Å². The van der Waals surface area contributed by atoms with E-state index in [2.05, 4.69) is 15.1 Å². The molecule has 3 heterocycles. The maximum Gasteiger partial charge on any atom is 0.273 e. The van der Waals surface area contributed by atoms with E-state index in [0.717, 1.165) is 42.6 Å². The summed E-state index contributed by atoms with van der Waals surface area (Å²) in [5, 5.41) is 14.5. The van der Waals surface area contributed by atoms with E-state index in [1.807, 2.05) is 17.7 Å². The van der Waals surface area contributed by atoms with Gasteiger partial charge in [0.25, 0.3) is 5.91 Å². The molecule has 2 aromatic heterocycles. The largest absolute Gasteiger partial charge is 0.387 e. The van der Waals surface area contributed by atoms with Crippen LogP contribution in [0.5, 0.6) is 0 Å². The van der Waals surface area contributed by atoms with Gasteiger partial charge < -0.3 is 15.7 Å². The van der Waals surface area contributed by atoms with Crippen molar-refractivity contribution in [3.8, 4) is 0 Å². The zero-order valence-electron chi connectivity index (χ0n) is 15.0. The lowest BCUT2D eigenvalue weighted by Gasteiger charge is -2.28. The summed E-state index contributed by atoms with van der Waals surface area (Å²) in [6, 6.07) is 1.89. The summed E-state index contributed by atoms with van der Waals surface area (Å²) >= 11 is 0. The Kier molecular flexibility index (Phi) is 4.36. The van der Waals surface area contributed by atoms with Crippen LogP contribution in [0.2, 0.25) is 0 Å². The highest BCUT2D eigenvalue weighted by molar-refractivity contribution is 5.94. The van der Waals surface area contributed by atoms with Crippen LogP contribution in [0.1, 0.15) is 65.4 Å². The number of amides is 1. The van der Waals surface area contributed by atoms with Crippen LogP contribution in [-0.2, 0) is 25.9 Å². The highest BCUT2D eigenvalue weighted by Gasteiger charge is 2.29. The number of aryl methyl sites for hydroxylation is 1. The number of aliphatic hydroxyl groups excluding tert-OH is 1. The molecule has 2 aliphatic rings. The van der Waals surface area contributed by atoms with Gasteiger partial charge >= 0.3 is 0 Å². The summed E-state index contributed by atoms with van der Waals surface area (Å²) in [4.78, 5) is 23.5. The van der Waals surface area contributed by atoms with Crippen LogP contribution in [0.15, 0.2) is 6.07 Å². The minimum Gasteiger partial charge on any atom is -0.387 e. The minimum atomic E-state index is -0.564. The van der Waals surface area contributed by atoms with Crippen molar-refractivity contribution in [2.75, 3.05) is 12.3 Å². The number of hydrogen-bond acceptors (Lipinski definition) is 6. The number of hydrogen-bond donors (Lipinski definition) is 2. The number of nitrogens with two attached hydrogens (primary N) is 1. The molecule has 3 N–H and O–H groups in total. The lowest BCUT2D eigenvalue weighted by Crippen LogP contribution is -2.39. The number of fused-ring (bicyclic) bond motifs is 2. The SMILES string of the molecule is CC[C@@H](O)c1cc2n(n1)CCN(C(=O)c1nc(N)nc3c1CCCC3)C2. The lowest BCUT2D eigenvalue weighted by molar-refractivity contribution is 0.0698. The Morgan fingerprint density at radius 2 is 2.12 bits per heavy atom. The number of rotatable bonds is 3. The summed E-state index contributed by atoms with van der Waals surface area (Å²) in [6.07, 6.45) is 3.85. The number of carbonyl (C=O) groups excluding carboxylic acids is 1. The maximum atomic E-state index is 13.1. The van der Waals surface area contributed by atoms with Gasteiger partial charge in [-0.25, -0.2) is 9.97 Å². The fourth-order valence-corrected chi connectivity index (χ4v) is 3.77. The van der Waals surface area contributed by atoms with Crippen LogP contribution in [-0.4, -0.2) is 42.2 Å². The number of nitrogens with zero attached hydrogens (tertiary/aromatic N) is 5. The summed E-state index contributed by atoms with van der Waals surface area (Å²) in [6.45, 7) is 3.55. The number of anilines is 1. The molecule has 0 saturated carbocycles. The molecule has 0 aromatic carbocycles. The monoisotopic (exact) mass is 356 g/mol. The molecule has 0 bridgehead atoms. The lowest BCUT2D eigenvalue weighted by atomic mass is 9.94. The number of nitrogen functional groups attached to an aromatic ring is 1. The number of aromatic nitrogens is 4. The van der Waals surface area contributed by atoms with Crippen LogP contribution in [0.4, 0.5) is 5.95 Å². The van der Waals surface area contributed by atoms with Crippen LogP contribution >= 0.6 is 0 Å². The molecule has 0 unspecified atom stereocenters. The van der Waals surface area contributed by atoms with Gasteiger partial charge in [-0.3, -0.25) is 9.48 Å². The predicted molar refractivity (Wildman–Crippen MR) is 95.3 cm³/mol. The second kappa shape index (κ2) is 6.68. The first-order valence-electron chi connectivity index (χ1n) is 9.26. The van der Waals surface area contributed by atoms with Crippen LogP contribution in [0.3, 0.4) is 0 Å². The summed E-state index contributed by atoms with van der Waals surface area (Å²) in [5.74, 6) is 0.0756. The topological polar surface area (TPSA) is 110 Å². The maximum absolute atomic E-state index is 13.1. The third-order valence-electron chi connectivity index (χ3n) is 5.24. The van der Waals surface area contributed by atoms with Crippen molar-refractivity contribution in [3.63, 3.8) is 0 Å². The Hall–Kier alpha value is -2.48. The van der Waals surface area contributed by atoms with E-state index in [0.29, 0.717) is 37.4 Å². The molecule has 0 radical (unpaired) electrons. The van der Waals surface area contributed by atoms with Crippen molar-refractivity contribution >= 4 is 11.9 Å². The molecule has 26 heavy (non-hydrogen) atoms. The standard InChI is InChI=1S/C18H24N6O2/c1-2-15(25)14-9-11-10-23(7-8-24(11)22-14)17(26)16-12-5-3-4-6-13(12)20-18(19)21-16/h9,15,25H,2-8,10H2,1H3,(H2,19,20,21)/t15-/m1/s1. The zero-order chi connectivity index (χ0) is 18.3. The van der Waals surface area contributed by atoms with Crippen LogP contribution in [0.25, 0.3) is 0 Å². The molecule has 8 nitrogen and oxygen atoms in total. The normalized spacial score (nSPS) is 17.5. The molecule has 8 heteroatoms. The van der Waals surface area contributed by atoms with Gasteiger partial charge in [-0.05, 0) is 38.2 Å². The second-order valence-corrected chi connectivity index (χ2v) is 7.00. The summed E-state index contributed by atoms with van der Waals surface area (Å²) in [7, 11) is 0. The van der Waals surface area contributed by atoms with Gasteiger partial charge in [0.1, 0.15) is 5.69 Å². The molecule has 1 atom stereocenters. The third-order valence-corrected chi connectivity index (χ3v) is 5.24. The van der Waals surface area contributed by atoms with E-state index in [1.54, 1.807) is 4.90 Å². The summed E-state index contributed by atoms with van der Waals surface area (Å²) < 4.78 is 1.88. The van der Waals surface area contributed by atoms with Gasteiger partial charge in [0, 0.05) is 17.8 Å². The van der Waals surface area contributed by atoms with Crippen molar-refractivity contribution in [2.24, 2.45) is 0 Å². The number of aliphatic hydroxyl groups is 1. The fourth-order valence-electron chi connectivity index (χ4n) is 3.77. The zero-order valence-corrected chi connectivity index (χ0v) is 15.0. The molecule has 0 saturated heterocycles. The van der Waals surface area contributed by atoms with Crippen molar-refractivity contribution in [2.45, 2.75) is 58.2 Å². The molecule has 1 amide bonds. The van der Waals surface area contributed by atoms with Gasteiger partial charge in [-0.1, -0.05) is 6.92 Å². The second-order valence-electron chi connectivity index (χ2n) is 7.00. The average molecular weight is 356 g/mol. The van der Waals surface area contributed by atoms with Gasteiger partial charge in [0.2, 0.25) is 5.95 Å². The van der Waals surface area contributed by atoms with Gasteiger partial charge in [-0.15, -0.1) is 0 Å². The first kappa shape index (κ1) is 17.0. The Morgan fingerprint density at radius 1 is 1.31 bits per heavy atom. The Morgan fingerprint density at radius 3 is 2.92 bits per heavy atom. The van der Waals surface area contributed by atoms with Crippen molar-refractivity contribution < 1.29 is 9.90 Å². The Balaban J connectivity index is 1.60. The highest BCUT2D eigenvalue weighted by Crippen LogP contribution is 2.26. The van der Waals surface area contributed by atoms with Crippen molar-refractivity contribution in [1.82, 2.24) is 24.6 Å². The minimum absolute atomic E-state index is 0.0951. The van der Waals surface area contributed by atoms with E-state index in [-0.39, 0.29) is 11.9 Å². The van der Waals surface area contributed by atoms with Gasteiger partial charge in [0.15, 0.2) is 0 Å². The smallest absolute Gasteiger partial charge is 0.273 e. The third kappa shape index (κ3) is 2.94. The highest BCUT2D eigenvalue weighted by atomic mass is 16.3. The molecule has 0 spiro atoms. The Bertz CT molecular complexity index is 846. The fraction of sp³-hybridized carbons (Fsp3) is 0.556.